The number of nitrogens with one attached hydrogen (secondary N) is 2. The third-order valence-electron chi connectivity index (χ3n) is 4.57. The predicted molar refractivity (Wildman–Crippen MR) is 98.2 cm³/mol. The van der Waals surface area contributed by atoms with Gasteiger partial charge in [0.05, 0.1) is 35.5 Å². The molecule has 3 aromatic heterocycles. The Kier molecular flexibility index (Phi) is 4.58. The van der Waals surface area contributed by atoms with Gasteiger partial charge in [0.2, 0.25) is 0 Å². The number of hydrogen-bond donors (Lipinski definition) is 3. The van der Waals surface area contributed by atoms with Gasteiger partial charge in [0, 0.05) is 12.1 Å². The van der Waals surface area contributed by atoms with E-state index in [0.717, 1.165) is 12.8 Å². The summed E-state index contributed by atoms with van der Waals surface area (Å²) in [4.78, 5) is 12.1. The molecule has 3 aromatic rings. The fourth-order valence-electron chi connectivity index (χ4n) is 2.81. The van der Waals surface area contributed by atoms with Crippen LogP contribution >= 0.6 is 0 Å². The molecule has 4 N–H and O–H groups in total. The maximum Gasteiger partial charge on any atom is 0.158 e. The molecular weight excluding hydrogens is 363 g/mol. The van der Waals surface area contributed by atoms with Gasteiger partial charge in [-0.3, -0.25) is 10.1 Å². The quantitative estimate of drug-likeness (QED) is 0.612. The van der Waals surface area contributed by atoms with E-state index in [9.17, 15) is 4.39 Å². The van der Waals surface area contributed by atoms with E-state index in [2.05, 4.69) is 30.5 Å². The zero-order valence-corrected chi connectivity index (χ0v) is 15.0. The zero-order chi connectivity index (χ0) is 19.7. The van der Waals surface area contributed by atoms with Crippen molar-refractivity contribution in [1.82, 2.24) is 25.1 Å². The summed E-state index contributed by atoms with van der Waals surface area (Å²) in [7, 11) is 0. The molecule has 1 aliphatic rings. The maximum absolute atomic E-state index is 14.8. The molecule has 1 fully saturated rings. The van der Waals surface area contributed by atoms with E-state index in [1.54, 1.807) is 13.0 Å². The first-order chi connectivity index (χ1) is 13.5. The Morgan fingerprint density at radius 1 is 1.25 bits per heavy atom. The summed E-state index contributed by atoms with van der Waals surface area (Å²) in [6.45, 7) is 1.58. The first-order valence-corrected chi connectivity index (χ1v) is 8.67. The van der Waals surface area contributed by atoms with E-state index in [4.69, 9.17) is 15.7 Å². The molecule has 0 amide bonds. The van der Waals surface area contributed by atoms with Gasteiger partial charge in [-0.25, -0.2) is 14.4 Å². The van der Waals surface area contributed by atoms with Crippen LogP contribution < -0.4 is 15.8 Å². The second kappa shape index (κ2) is 7.21. The zero-order valence-electron chi connectivity index (χ0n) is 15.0. The van der Waals surface area contributed by atoms with Gasteiger partial charge in [-0.2, -0.15) is 10.4 Å². The number of nitrogens with two attached hydrogens (primary N) is 1. The van der Waals surface area contributed by atoms with Gasteiger partial charge in [0.1, 0.15) is 23.7 Å². The molecule has 0 bridgehead atoms. The van der Waals surface area contributed by atoms with Gasteiger partial charge in [0.15, 0.2) is 17.3 Å². The number of ether oxygens (including phenoxy) is 1. The fraction of sp³-hybridized carbons (Fsp3) is 0.278. The van der Waals surface area contributed by atoms with Crippen LogP contribution in [0.15, 0.2) is 24.7 Å². The minimum absolute atomic E-state index is 0.0637. The molecule has 0 aromatic carbocycles. The van der Waals surface area contributed by atoms with Crippen LogP contribution in [-0.4, -0.2) is 37.3 Å². The van der Waals surface area contributed by atoms with Gasteiger partial charge in [0.25, 0.3) is 0 Å². The summed E-state index contributed by atoms with van der Waals surface area (Å²) in [5.41, 5.74) is 7.07. The smallest absolute Gasteiger partial charge is 0.158 e. The number of aromatic nitrogens is 5. The summed E-state index contributed by atoms with van der Waals surface area (Å²) >= 11 is 0. The average molecular weight is 380 g/mol. The lowest BCUT2D eigenvalue weighted by Crippen LogP contribution is -2.47. The van der Waals surface area contributed by atoms with Crippen LogP contribution in [0.2, 0.25) is 0 Å². The highest BCUT2D eigenvalue weighted by molar-refractivity contribution is 5.71. The number of halogens is 1. The van der Waals surface area contributed by atoms with E-state index in [-0.39, 0.29) is 29.1 Å². The Morgan fingerprint density at radius 2 is 2.11 bits per heavy atom. The van der Waals surface area contributed by atoms with Crippen molar-refractivity contribution in [3.8, 4) is 23.1 Å². The van der Waals surface area contributed by atoms with Gasteiger partial charge < -0.3 is 15.8 Å². The van der Waals surface area contributed by atoms with Crippen molar-refractivity contribution >= 4 is 11.6 Å². The number of hydrogen-bond acceptors (Lipinski definition) is 8. The van der Waals surface area contributed by atoms with Gasteiger partial charge >= 0.3 is 0 Å². The third-order valence-corrected chi connectivity index (χ3v) is 4.57. The Labute approximate surface area is 159 Å². The molecule has 142 valence electrons. The van der Waals surface area contributed by atoms with Crippen LogP contribution in [0.25, 0.3) is 11.3 Å². The van der Waals surface area contributed by atoms with E-state index in [0.29, 0.717) is 23.1 Å². The first kappa shape index (κ1) is 17.8. The highest BCUT2D eigenvalue weighted by atomic mass is 19.1. The number of pyridine rings is 1. The molecule has 1 aliphatic carbocycles. The van der Waals surface area contributed by atoms with E-state index in [1.165, 1.54) is 18.6 Å². The topological polar surface area (TPSA) is 138 Å². The molecule has 1 saturated carbocycles. The van der Waals surface area contributed by atoms with Crippen LogP contribution in [0.5, 0.6) is 5.75 Å². The molecule has 4 rings (SSSR count). The summed E-state index contributed by atoms with van der Waals surface area (Å²) in [5, 5.41) is 18.7. The van der Waals surface area contributed by atoms with Crippen molar-refractivity contribution in [2.45, 2.75) is 31.9 Å². The molecule has 9 nitrogen and oxygen atoms in total. The average Bonchev–Trinajstić information content (AvgIpc) is 3.16. The summed E-state index contributed by atoms with van der Waals surface area (Å²) < 4.78 is 20.7. The largest absolute Gasteiger partial charge is 0.486 e. The lowest BCUT2D eigenvalue weighted by Gasteiger charge is -2.34. The minimum atomic E-state index is -0.487. The fourth-order valence-corrected chi connectivity index (χ4v) is 2.81. The summed E-state index contributed by atoms with van der Waals surface area (Å²) in [6.07, 6.45) is 5.80. The van der Waals surface area contributed by atoms with Crippen molar-refractivity contribution in [3.05, 3.63) is 41.9 Å². The molecule has 0 saturated heterocycles. The number of aryl methyl sites for hydroxylation is 1. The minimum Gasteiger partial charge on any atom is -0.486 e. The Morgan fingerprint density at radius 3 is 2.75 bits per heavy atom. The molecule has 3 heterocycles. The number of anilines is 2. The van der Waals surface area contributed by atoms with Crippen molar-refractivity contribution in [1.29, 1.82) is 5.26 Å². The highest BCUT2D eigenvalue weighted by Gasteiger charge is 2.31. The normalized spacial score (nSPS) is 18.2. The van der Waals surface area contributed by atoms with Crippen LogP contribution in [-0.2, 0) is 0 Å². The van der Waals surface area contributed by atoms with Crippen LogP contribution in [0.3, 0.4) is 0 Å². The van der Waals surface area contributed by atoms with Crippen molar-refractivity contribution in [3.63, 3.8) is 0 Å². The molecule has 0 aliphatic heterocycles. The Hall–Kier alpha value is -3.58. The lowest BCUT2D eigenvalue weighted by atomic mass is 9.90. The molecule has 2 atom stereocenters. The molecule has 10 heteroatoms. The van der Waals surface area contributed by atoms with Gasteiger partial charge in [-0.1, -0.05) is 0 Å². The molecule has 0 radical (unpaired) electrons. The SMILES string of the molecule is Cc1ncc(O[C@H]2CC[C@H]2N)c(-c2cc(Nc3cnc(C#N)cn3)n[nH]2)c1F. The second-order valence-corrected chi connectivity index (χ2v) is 6.48. The number of nitrogens with zero attached hydrogens (tertiary/aromatic N) is 5. The van der Waals surface area contributed by atoms with Crippen LogP contribution in [0.1, 0.15) is 24.2 Å². The monoisotopic (exact) mass is 380 g/mol. The van der Waals surface area contributed by atoms with Crippen LogP contribution in [0.4, 0.5) is 16.0 Å². The van der Waals surface area contributed by atoms with Crippen molar-refractivity contribution in [2.24, 2.45) is 5.73 Å². The lowest BCUT2D eigenvalue weighted by molar-refractivity contribution is 0.0930. The van der Waals surface area contributed by atoms with Crippen LogP contribution in [0, 0.1) is 24.1 Å². The van der Waals surface area contributed by atoms with E-state index < -0.39 is 5.82 Å². The second-order valence-electron chi connectivity index (χ2n) is 6.48. The Balaban J connectivity index is 1.62. The molecule has 0 spiro atoms. The van der Waals surface area contributed by atoms with E-state index >= 15 is 0 Å². The number of aromatic amines is 1. The molecule has 28 heavy (non-hydrogen) atoms. The maximum atomic E-state index is 14.8. The predicted octanol–water partition coefficient (Wildman–Crippen LogP) is 2.19. The number of nitriles is 1. The summed E-state index contributed by atoms with van der Waals surface area (Å²) in [6, 6.07) is 3.46. The number of H-pyrrole nitrogens is 1. The third kappa shape index (κ3) is 3.35. The van der Waals surface area contributed by atoms with Gasteiger partial charge in [-0.15, -0.1) is 0 Å². The molecular formula is C18H17FN8O. The highest BCUT2D eigenvalue weighted by Crippen LogP contribution is 2.36. The summed E-state index contributed by atoms with van der Waals surface area (Å²) in [5.74, 6) is 0.643. The van der Waals surface area contributed by atoms with E-state index in [1.807, 2.05) is 6.07 Å². The molecule has 0 unspecified atom stereocenters. The van der Waals surface area contributed by atoms with Crippen molar-refractivity contribution in [2.75, 3.05) is 5.32 Å². The van der Waals surface area contributed by atoms with Gasteiger partial charge in [-0.05, 0) is 19.8 Å². The van der Waals surface area contributed by atoms with Crippen molar-refractivity contribution < 1.29 is 9.13 Å². The first-order valence-electron chi connectivity index (χ1n) is 8.67. The number of rotatable bonds is 5. The Bertz CT molecular complexity index is 1040. The standard InChI is InChI=1S/C18H17FN8O/c1-9-18(19)17(14(7-22-9)28-13-3-2-11(13)21)12-4-15(27-26-12)25-16-8-23-10(5-20)6-24-16/h4,6-8,11,13H,2-3,21H2,1H3,(H2,24,25,26,27)/t11-,13+/m1/s1.